The first-order valence-electron chi connectivity index (χ1n) is 21.9. The number of cyclic esters (lactones) is 1. The zero-order valence-electron chi connectivity index (χ0n) is 38.9. The van der Waals surface area contributed by atoms with Gasteiger partial charge in [-0.15, -0.1) is 0 Å². The Balaban J connectivity index is 2.16. The Kier molecular flexibility index (Phi) is 21.3. The summed E-state index contributed by atoms with van der Waals surface area (Å²) in [4.78, 5) is 78.3. The number of carbonyl (C=O) groups excluding carboxylic acids is 6. The van der Waals surface area contributed by atoms with Gasteiger partial charge in [-0.1, -0.05) is 39.0 Å². The van der Waals surface area contributed by atoms with Crippen molar-refractivity contribution in [3.63, 3.8) is 0 Å². The quantitative estimate of drug-likeness (QED) is 0.148. The minimum atomic E-state index is -1.53. The van der Waals surface area contributed by atoms with Gasteiger partial charge in [-0.25, -0.2) is 0 Å². The molecule has 0 aliphatic carbocycles. The van der Waals surface area contributed by atoms with Crippen LogP contribution in [0.25, 0.3) is 0 Å². The number of hydrogen-bond donors (Lipinski definition) is 1. The summed E-state index contributed by atoms with van der Waals surface area (Å²) in [5.74, 6) is -4.21. The molecule has 16 atom stereocenters. The van der Waals surface area contributed by atoms with Crippen molar-refractivity contribution in [1.82, 2.24) is 4.90 Å². The first kappa shape index (κ1) is 53.6. The fourth-order valence-electron chi connectivity index (χ4n) is 8.45. The average Bonchev–Trinajstić information content (AvgIpc) is 3.18. The second-order valence-electron chi connectivity index (χ2n) is 17.1. The molecule has 0 bridgehead atoms. The molecule has 0 aromatic heterocycles. The summed E-state index contributed by atoms with van der Waals surface area (Å²) in [6.45, 7) is 14.3. The summed E-state index contributed by atoms with van der Waals surface area (Å²) >= 11 is 0. The molecule has 63 heavy (non-hydrogen) atoms. The molecule has 3 rings (SSSR count). The van der Waals surface area contributed by atoms with Gasteiger partial charge in [0, 0.05) is 53.1 Å². The highest BCUT2D eigenvalue weighted by atomic mass is 16.7. The molecular weight excluding hydrogens is 826 g/mol. The van der Waals surface area contributed by atoms with Crippen molar-refractivity contribution < 1.29 is 81.2 Å². The highest BCUT2D eigenvalue weighted by Gasteiger charge is 2.54. The molecule has 3 heterocycles. The SMILES string of the molecule is CCC(=O)O[C@@H]1CC(=O)O[C@H](C)C/C=C/C=C/[C@H](OC(C)=O)[C@H](C)C[C@H](CC=O)[C@H](O[C@@H]2O[C@H](C)[C@@H](O[C@H]3C[C@@](C)(O)[C@@H](OC(=O)CC)[C@H](C)O3)[C@H](N(C)C)[C@H]2OC(C)=O)[C@H]1OC. The van der Waals surface area contributed by atoms with Crippen molar-refractivity contribution >= 4 is 36.1 Å². The van der Waals surface area contributed by atoms with Crippen LogP contribution in [0.15, 0.2) is 24.3 Å². The van der Waals surface area contributed by atoms with Crippen LogP contribution in [0.2, 0.25) is 0 Å². The van der Waals surface area contributed by atoms with Crippen LogP contribution >= 0.6 is 0 Å². The maximum atomic E-state index is 13.5. The number of carbonyl (C=O) groups is 6. The van der Waals surface area contributed by atoms with E-state index >= 15 is 0 Å². The Labute approximate surface area is 371 Å². The largest absolute Gasteiger partial charge is 0.462 e. The fourth-order valence-corrected chi connectivity index (χ4v) is 8.45. The van der Waals surface area contributed by atoms with Crippen molar-refractivity contribution in [2.45, 2.75) is 193 Å². The minimum Gasteiger partial charge on any atom is -0.462 e. The topological polar surface area (TPSA) is 218 Å². The molecule has 0 aromatic rings. The Morgan fingerprint density at radius 2 is 1.52 bits per heavy atom. The third-order valence-corrected chi connectivity index (χ3v) is 11.4. The van der Waals surface area contributed by atoms with Crippen LogP contribution in [0.4, 0.5) is 0 Å². The normalized spacial score (nSPS) is 38.1. The molecular formula is C45H71NO17. The first-order chi connectivity index (χ1) is 29.6. The molecule has 358 valence electrons. The van der Waals surface area contributed by atoms with Gasteiger partial charge in [0.25, 0.3) is 0 Å². The van der Waals surface area contributed by atoms with E-state index in [0.717, 1.165) is 0 Å². The predicted octanol–water partition coefficient (Wildman–Crippen LogP) is 3.91. The number of rotatable bonds is 14. The summed E-state index contributed by atoms with van der Waals surface area (Å²) in [5, 5.41) is 11.5. The van der Waals surface area contributed by atoms with Crippen LogP contribution in [0, 0.1) is 11.8 Å². The average molecular weight is 898 g/mol. The van der Waals surface area contributed by atoms with Gasteiger partial charge in [0.05, 0.1) is 30.8 Å². The van der Waals surface area contributed by atoms with Crippen LogP contribution in [0.5, 0.6) is 0 Å². The molecule has 18 heteroatoms. The van der Waals surface area contributed by atoms with E-state index in [4.69, 9.17) is 47.4 Å². The zero-order valence-corrected chi connectivity index (χ0v) is 38.9. The molecule has 18 nitrogen and oxygen atoms in total. The van der Waals surface area contributed by atoms with E-state index in [0.29, 0.717) is 12.7 Å². The van der Waals surface area contributed by atoms with Gasteiger partial charge in [-0.2, -0.15) is 0 Å². The number of likely N-dealkylation sites (N-methyl/N-ethyl adjacent to an activating group) is 1. The van der Waals surface area contributed by atoms with Crippen LogP contribution < -0.4 is 0 Å². The van der Waals surface area contributed by atoms with E-state index in [-0.39, 0.29) is 32.1 Å². The standard InChI is InChI=1S/C45H71NO17/c1-13-34(50)60-33-23-36(52)55-26(4)18-16-15-17-19-32(58-29(7)48)25(3)22-31(20-21-47)40(41(33)54-12)63-44-42(59-30(8)49)38(46(10)11)39(27(5)57-44)62-37-24-45(9,53)43(28(6)56-37)61-35(51)14-2/h15-17,19,21,25-28,31-33,37-44,53H,13-14,18,20,22-24H2,1-12H3/b16-15+,19-17+/t25-,26-,27-,28+,31+,32+,33-,37+,38+,39-,40+,41+,42-,43+,44+,45-/m1/s1. The lowest BCUT2D eigenvalue weighted by Crippen LogP contribution is -2.66. The van der Waals surface area contributed by atoms with Gasteiger partial charge in [-0.05, 0) is 66.1 Å². The fraction of sp³-hybridized carbons (Fsp3) is 0.778. The predicted molar refractivity (Wildman–Crippen MR) is 224 cm³/mol. The number of aldehydes is 1. The summed E-state index contributed by atoms with van der Waals surface area (Å²) in [7, 11) is 4.85. The van der Waals surface area contributed by atoms with E-state index in [9.17, 15) is 33.9 Å². The lowest BCUT2D eigenvalue weighted by Gasteiger charge is -2.51. The van der Waals surface area contributed by atoms with E-state index in [1.807, 2.05) is 6.92 Å². The molecule has 3 aliphatic rings. The second kappa shape index (κ2) is 25.1. The van der Waals surface area contributed by atoms with Gasteiger partial charge < -0.3 is 62.2 Å². The lowest BCUT2D eigenvalue weighted by molar-refractivity contribution is -0.345. The van der Waals surface area contributed by atoms with Gasteiger partial charge in [0.15, 0.2) is 24.8 Å². The highest BCUT2D eigenvalue weighted by molar-refractivity contribution is 5.73. The first-order valence-corrected chi connectivity index (χ1v) is 21.9. The smallest absolute Gasteiger partial charge is 0.309 e. The number of ether oxygens (including phenoxy) is 10. The lowest BCUT2D eigenvalue weighted by atomic mass is 9.82. The third-order valence-electron chi connectivity index (χ3n) is 11.4. The van der Waals surface area contributed by atoms with E-state index in [1.54, 1.807) is 77.9 Å². The maximum absolute atomic E-state index is 13.5. The van der Waals surface area contributed by atoms with Gasteiger partial charge in [0.1, 0.15) is 42.4 Å². The summed E-state index contributed by atoms with van der Waals surface area (Å²) < 4.78 is 61.2. The van der Waals surface area contributed by atoms with Crippen molar-refractivity contribution in [3.8, 4) is 0 Å². The van der Waals surface area contributed by atoms with Crippen LogP contribution in [0.3, 0.4) is 0 Å². The Hall–Kier alpha value is -3.78. The van der Waals surface area contributed by atoms with E-state index < -0.39 is 133 Å². The monoisotopic (exact) mass is 897 g/mol. The van der Waals surface area contributed by atoms with Gasteiger partial charge in [-0.3, -0.25) is 24.0 Å². The van der Waals surface area contributed by atoms with E-state index in [1.165, 1.54) is 27.9 Å². The molecule has 0 saturated carbocycles. The number of methoxy groups -OCH3 is 1. The van der Waals surface area contributed by atoms with E-state index in [2.05, 4.69) is 0 Å². The van der Waals surface area contributed by atoms with Crippen molar-refractivity contribution in [2.75, 3.05) is 21.2 Å². The molecule has 3 aliphatic heterocycles. The Bertz CT molecular complexity index is 1580. The number of esters is 5. The highest BCUT2D eigenvalue weighted by Crippen LogP contribution is 2.39. The number of allylic oxidation sites excluding steroid dienone is 2. The maximum Gasteiger partial charge on any atom is 0.309 e. The number of aliphatic hydroxyl groups is 1. The number of nitrogens with zero attached hydrogens (tertiary/aromatic N) is 1. The number of hydrogen-bond acceptors (Lipinski definition) is 18. The van der Waals surface area contributed by atoms with Crippen LogP contribution in [0.1, 0.15) is 107 Å². The van der Waals surface area contributed by atoms with Crippen molar-refractivity contribution in [2.24, 2.45) is 11.8 Å². The molecule has 2 fully saturated rings. The molecule has 1 N–H and O–H groups in total. The summed E-state index contributed by atoms with van der Waals surface area (Å²) in [5.41, 5.74) is -1.53. The molecule has 0 unspecified atom stereocenters. The summed E-state index contributed by atoms with van der Waals surface area (Å²) in [6.07, 6.45) is -4.44. The van der Waals surface area contributed by atoms with Crippen molar-refractivity contribution in [3.05, 3.63) is 24.3 Å². The second-order valence-corrected chi connectivity index (χ2v) is 17.1. The molecule has 2 saturated heterocycles. The molecule has 0 spiro atoms. The summed E-state index contributed by atoms with van der Waals surface area (Å²) in [6, 6.07) is -0.797. The minimum absolute atomic E-state index is 0.0347. The van der Waals surface area contributed by atoms with Gasteiger partial charge >= 0.3 is 29.8 Å². The zero-order chi connectivity index (χ0) is 47.2. The third kappa shape index (κ3) is 15.7. The molecule has 0 radical (unpaired) electrons. The molecule has 0 amide bonds. The van der Waals surface area contributed by atoms with Crippen LogP contribution in [-0.2, 0) is 76.1 Å². The van der Waals surface area contributed by atoms with Crippen molar-refractivity contribution in [1.29, 1.82) is 0 Å². The van der Waals surface area contributed by atoms with Gasteiger partial charge in [0.2, 0.25) is 0 Å². The van der Waals surface area contributed by atoms with Crippen LogP contribution in [-0.4, -0.2) is 153 Å². The Morgan fingerprint density at radius 1 is 0.873 bits per heavy atom. The molecule has 0 aromatic carbocycles. The Morgan fingerprint density at radius 3 is 2.10 bits per heavy atom.